The van der Waals surface area contributed by atoms with E-state index < -0.39 is 0 Å². The fourth-order valence-corrected chi connectivity index (χ4v) is 1.96. The van der Waals surface area contributed by atoms with E-state index in [0.29, 0.717) is 0 Å². The van der Waals surface area contributed by atoms with Crippen molar-refractivity contribution in [1.82, 2.24) is 4.90 Å². The summed E-state index contributed by atoms with van der Waals surface area (Å²) in [5.41, 5.74) is 1.60. The molecule has 1 saturated heterocycles. The van der Waals surface area contributed by atoms with Crippen molar-refractivity contribution in [3.63, 3.8) is 0 Å². The molecular weight excluding hydrogens is 110 g/mol. The molecule has 0 aromatic heterocycles. The highest BCUT2D eigenvalue weighted by atomic mass is 15.2. The van der Waals surface area contributed by atoms with Gasteiger partial charge >= 0.3 is 0 Å². The van der Waals surface area contributed by atoms with E-state index in [-0.39, 0.29) is 0 Å². The van der Waals surface area contributed by atoms with Crippen LogP contribution in [-0.2, 0) is 0 Å². The first-order valence-electron chi connectivity index (χ1n) is 3.78. The van der Waals surface area contributed by atoms with Gasteiger partial charge in [-0.25, -0.2) is 0 Å². The second-order valence-electron chi connectivity index (χ2n) is 3.10. The predicted molar refractivity (Wildman–Crippen MR) is 38.4 cm³/mol. The van der Waals surface area contributed by atoms with Gasteiger partial charge in [0.1, 0.15) is 0 Å². The van der Waals surface area contributed by atoms with Crippen molar-refractivity contribution in [2.75, 3.05) is 13.1 Å². The van der Waals surface area contributed by atoms with Gasteiger partial charge in [-0.05, 0) is 26.3 Å². The second-order valence-corrected chi connectivity index (χ2v) is 3.10. The molecule has 9 heavy (non-hydrogen) atoms. The molecule has 2 rings (SSSR count). The van der Waals surface area contributed by atoms with Crippen molar-refractivity contribution in [1.29, 1.82) is 0 Å². The molecule has 0 saturated carbocycles. The van der Waals surface area contributed by atoms with Crippen LogP contribution in [0.2, 0.25) is 0 Å². The van der Waals surface area contributed by atoms with Crippen molar-refractivity contribution in [2.45, 2.75) is 25.8 Å². The van der Waals surface area contributed by atoms with Gasteiger partial charge < -0.3 is 0 Å². The highest BCUT2D eigenvalue weighted by molar-refractivity contribution is 5.17. The molecule has 0 aliphatic carbocycles. The zero-order chi connectivity index (χ0) is 6.27. The minimum absolute atomic E-state index is 0.838. The van der Waals surface area contributed by atoms with Crippen LogP contribution in [0.5, 0.6) is 0 Å². The molecular formula is C8H13N. The van der Waals surface area contributed by atoms with Gasteiger partial charge in [-0.3, -0.25) is 4.90 Å². The SMILES string of the molecule is CC1=CCN2CCC[C@@H]12. The maximum absolute atomic E-state index is 2.56. The van der Waals surface area contributed by atoms with E-state index in [9.17, 15) is 0 Å². The molecule has 2 heterocycles. The Hall–Kier alpha value is -0.300. The van der Waals surface area contributed by atoms with Gasteiger partial charge in [0.2, 0.25) is 0 Å². The van der Waals surface area contributed by atoms with Crippen LogP contribution < -0.4 is 0 Å². The quantitative estimate of drug-likeness (QED) is 0.440. The zero-order valence-corrected chi connectivity index (χ0v) is 5.93. The van der Waals surface area contributed by atoms with Gasteiger partial charge in [0.15, 0.2) is 0 Å². The highest BCUT2D eigenvalue weighted by Crippen LogP contribution is 2.27. The molecule has 1 atom stereocenters. The van der Waals surface area contributed by atoms with E-state index in [1.54, 1.807) is 5.57 Å². The van der Waals surface area contributed by atoms with Crippen molar-refractivity contribution in [3.8, 4) is 0 Å². The lowest BCUT2D eigenvalue weighted by Gasteiger charge is -2.15. The summed E-state index contributed by atoms with van der Waals surface area (Å²) in [5, 5.41) is 0. The first-order valence-corrected chi connectivity index (χ1v) is 3.78. The van der Waals surface area contributed by atoms with E-state index in [0.717, 1.165) is 6.04 Å². The summed E-state index contributed by atoms with van der Waals surface area (Å²) in [6.45, 7) is 4.81. The second kappa shape index (κ2) is 1.84. The Bertz CT molecular complexity index is 149. The first-order chi connectivity index (χ1) is 4.38. The van der Waals surface area contributed by atoms with Crippen LogP contribution in [0.4, 0.5) is 0 Å². The number of rotatable bonds is 0. The molecule has 50 valence electrons. The molecule has 1 nitrogen and oxygen atoms in total. The van der Waals surface area contributed by atoms with Crippen molar-refractivity contribution in [2.24, 2.45) is 0 Å². The summed E-state index contributed by atoms with van der Waals surface area (Å²) >= 11 is 0. The third kappa shape index (κ3) is 0.715. The maximum Gasteiger partial charge on any atom is 0.0309 e. The Balaban J connectivity index is 2.16. The van der Waals surface area contributed by atoms with Crippen LogP contribution in [0, 0.1) is 0 Å². The highest BCUT2D eigenvalue weighted by Gasteiger charge is 2.28. The van der Waals surface area contributed by atoms with E-state index in [1.165, 1.54) is 25.9 Å². The number of hydrogen-bond donors (Lipinski definition) is 0. The van der Waals surface area contributed by atoms with E-state index >= 15 is 0 Å². The summed E-state index contributed by atoms with van der Waals surface area (Å²) in [4.78, 5) is 2.56. The summed E-state index contributed by atoms with van der Waals surface area (Å²) in [6, 6.07) is 0.838. The fourth-order valence-electron chi connectivity index (χ4n) is 1.96. The van der Waals surface area contributed by atoms with Crippen molar-refractivity contribution in [3.05, 3.63) is 11.6 Å². The van der Waals surface area contributed by atoms with Crippen LogP contribution in [0.15, 0.2) is 11.6 Å². The van der Waals surface area contributed by atoms with Crippen molar-refractivity contribution < 1.29 is 0 Å². The molecule has 0 amide bonds. The smallest absolute Gasteiger partial charge is 0.0309 e. The van der Waals surface area contributed by atoms with Gasteiger partial charge in [0.05, 0.1) is 0 Å². The lowest BCUT2D eigenvalue weighted by molar-refractivity contribution is 0.336. The standard InChI is InChI=1S/C8H13N/c1-7-4-6-9-5-2-3-8(7)9/h4,8H,2-3,5-6H2,1H3/t8-/m0/s1. The Kier molecular flexibility index (Phi) is 1.12. The average Bonchev–Trinajstić information content (AvgIpc) is 2.35. The lowest BCUT2D eigenvalue weighted by atomic mass is 10.1. The van der Waals surface area contributed by atoms with E-state index in [1.807, 2.05) is 0 Å². The Labute approximate surface area is 56.4 Å². The van der Waals surface area contributed by atoms with Crippen LogP contribution in [0.1, 0.15) is 19.8 Å². The van der Waals surface area contributed by atoms with Gasteiger partial charge in [-0.15, -0.1) is 0 Å². The molecule has 2 aliphatic rings. The topological polar surface area (TPSA) is 3.24 Å². The Morgan fingerprint density at radius 3 is 3.33 bits per heavy atom. The summed E-state index contributed by atoms with van der Waals surface area (Å²) in [7, 11) is 0. The molecule has 0 bridgehead atoms. The molecule has 0 radical (unpaired) electrons. The van der Waals surface area contributed by atoms with E-state index in [4.69, 9.17) is 0 Å². The molecule has 0 aromatic carbocycles. The third-order valence-electron chi connectivity index (χ3n) is 2.54. The van der Waals surface area contributed by atoms with Crippen LogP contribution in [0.3, 0.4) is 0 Å². The lowest BCUT2D eigenvalue weighted by Crippen LogP contribution is -2.24. The number of fused-ring (bicyclic) bond motifs is 1. The normalized spacial score (nSPS) is 34.8. The predicted octanol–water partition coefficient (Wildman–Crippen LogP) is 1.41. The first kappa shape index (κ1) is 5.48. The Morgan fingerprint density at radius 1 is 1.67 bits per heavy atom. The van der Waals surface area contributed by atoms with Gasteiger partial charge in [-0.1, -0.05) is 11.6 Å². The fraction of sp³-hybridized carbons (Fsp3) is 0.750. The minimum atomic E-state index is 0.838. The molecule has 0 aromatic rings. The van der Waals surface area contributed by atoms with Crippen LogP contribution in [-0.4, -0.2) is 24.0 Å². The molecule has 1 heteroatoms. The van der Waals surface area contributed by atoms with Crippen LogP contribution in [0.25, 0.3) is 0 Å². The summed E-state index contributed by atoms with van der Waals surface area (Å²) in [5.74, 6) is 0. The zero-order valence-electron chi connectivity index (χ0n) is 5.93. The van der Waals surface area contributed by atoms with E-state index in [2.05, 4.69) is 17.9 Å². The summed E-state index contributed by atoms with van der Waals surface area (Å²) < 4.78 is 0. The minimum Gasteiger partial charge on any atom is -0.293 e. The monoisotopic (exact) mass is 123 g/mol. The molecule has 0 unspecified atom stereocenters. The third-order valence-corrected chi connectivity index (χ3v) is 2.54. The maximum atomic E-state index is 2.56. The number of nitrogens with zero attached hydrogens (tertiary/aromatic N) is 1. The Morgan fingerprint density at radius 2 is 2.56 bits per heavy atom. The molecule has 0 spiro atoms. The average molecular weight is 123 g/mol. The van der Waals surface area contributed by atoms with Crippen LogP contribution >= 0.6 is 0 Å². The van der Waals surface area contributed by atoms with Crippen molar-refractivity contribution >= 4 is 0 Å². The largest absolute Gasteiger partial charge is 0.293 e. The molecule has 1 fully saturated rings. The molecule has 0 N–H and O–H groups in total. The number of hydrogen-bond acceptors (Lipinski definition) is 1. The van der Waals surface area contributed by atoms with Gasteiger partial charge in [0, 0.05) is 12.6 Å². The molecule has 2 aliphatic heterocycles. The summed E-state index contributed by atoms with van der Waals surface area (Å²) in [6.07, 6.45) is 5.18. The van der Waals surface area contributed by atoms with Gasteiger partial charge in [-0.2, -0.15) is 0 Å². The van der Waals surface area contributed by atoms with Gasteiger partial charge in [0.25, 0.3) is 0 Å².